The van der Waals surface area contributed by atoms with Gasteiger partial charge < -0.3 is 20.1 Å². The predicted octanol–water partition coefficient (Wildman–Crippen LogP) is 9.53. The van der Waals surface area contributed by atoms with Crippen molar-refractivity contribution in [2.75, 3.05) is 0 Å². The van der Waals surface area contributed by atoms with Crippen molar-refractivity contribution in [1.82, 2.24) is 0 Å². The maximum absolute atomic E-state index is 12.2. The van der Waals surface area contributed by atoms with Crippen molar-refractivity contribution in [3.8, 4) is 0 Å². The van der Waals surface area contributed by atoms with Crippen LogP contribution in [0.2, 0.25) is 0 Å². The van der Waals surface area contributed by atoms with Crippen LogP contribution in [0.25, 0.3) is 0 Å². The average Bonchev–Trinajstić information content (AvgIpc) is 3.96. The number of hydrogen-bond acceptors (Lipinski definition) is 7. The second kappa shape index (κ2) is 13.6. The molecule has 3 N–H and O–H groups in total. The molecule has 7 nitrogen and oxygen atoms in total. The van der Waals surface area contributed by atoms with E-state index >= 15 is 0 Å². The van der Waals surface area contributed by atoms with E-state index in [4.69, 9.17) is 4.74 Å². The molecule has 16 atom stereocenters. The summed E-state index contributed by atoms with van der Waals surface area (Å²) in [6.07, 6.45) is 30.2. The molecule has 8 fully saturated rings. The second-order valence-corrected chi connectivity index (χ2v) is 21.7. The standard InChI is InChI=1S/C25H37NO3.C23H35NO2/c1-16(27)29-18-8-11-23(2)17(15-18)6-7-20-19(23)9-12-24(3)21(10-13-25(20,24)28)22-5-4-14-26-22;1-21-10-7-16(25)14-15(21)5-6-18-17(21)8-11-22(2)19(9-12-23(18,22)26)20-4-3-13-24-20/h5,14,17-21,28H,4,6-13,15H2,1-3H3;4,13,15-19,25-26H,3,5-12,14H2,1-2H3/t17-,18+,19?,20?,21-,23+,24-,25+;15-,16+,17?,18?,19-,21+,22-,23+/m11/s1. The number of carbonyl (C=O) groups is 1. The molecule has 8 aliphatic carbocycles. The summed E-state index contributed by atoms with van der Waals surface area (Å²) in [7, 11) is 0. The predicted molar refractivity (Wildman–Crippen MR) is 217 cm³/mol. The zero-order chi connectivity index (χ0) is 38.6. The van der Waals surface area contributed by atoms with E-state index in [1.165, 1.54) is 44.0 Å². The third-order valence-corrected chi connectivity index (χ3v) is 20.0. The lowest BCUT2D eigenvalue weighted by atomic mass is 9.43. The van der Waals surface area contributed by atoms with Crippen molar-refractivity contribution in [2.45, 2.75) is 186 Å². The normalized spacial score (nSPS) is 53.3. The number of carbonyl (C=O) groups excluding carboxylic acids is 1. The molecule has 304 valence electrons. The molecule has 2 aliphatic heterocycles. The van der Waals surface area contributed by atoms with Crippen LogP contribution in [0.5, 0.6) is 0 Å². The summed E-state index contributed by atoms with van der Waals surface area (Å²) in [6, 6.07) is 0. The number of aliphatic imine (C=N–C) groups is 2. The summed E-state index contributed by atoms with van der Waals surface area (Å²) in [4.78, 5) is 20.8. The Morgan fingerprint density at radius 3 is 1.58 bits per heavy atom. The third kappa shape index (κ3) is 5.67. The SMILES string of the molecule is CC(=O)O[C@H]1CC[C@]2(C)C3CC[C@]4(C)[C@@H](C5=CCC=N5)CC[C@]4(O)C3CC[C@@H]2C1.C[C@]12CC[C@H](O)C[C@H]1CCC1C2CC[C@]2(C)[C@@H](C3=CCC=N3)CC[C@]12O. The molecule has 0 bridgehead atoms. The Kier molecular flexibility index (Phi) is 9.57. The van der Waals surface area contributed by atoms with Crippen LogP contribution in [0.1, 0.15) is 163 Å². The lowest BCUT2D eigenvalue weighted by molar-refractivity contribution is -0.209. The molecule has 4 unspecified atom stereocenters. The number of allylic oxidation sites excluding steroid dienone is 4. The van der Waals surface area contributed by atoms with Crippen molar-refractivity contribution in [1.29, 1.82) is 0 Å². The van der Waals surface area contributed by atoms with Crippen LogP contribution in [0.15, 0.2) is 33.5 Å². The highest BCUT2D eigenvalue weighted by molar-refractivity contribution is 5.66. The molecule has 2 heterocycles. The molecular formula is C48H72N2O5. The summed E-state index contributed by atoms with van der Waals surface area (Å²) in [5.41, 5.74) is 1.95. The van der Waals surface area contributed by atoms with Crippen molar-refractivity contribution >= 4 is 18.4 Å². The molecule has 0 aromatic carbocycles. The lowest BCUT2D eigenvalue weighted by Crippen LogP contribution is -2.62. The van der Waals surface area contributed by atoms with Crippen molar-refractivity contribution in [3.63, 3.8) is 0 Å². The summed E-state index contributed by atoms with van der Waals surface area (Å²) in [5.74, 6) is 4.05. The number of aliphatic hydroxyl groups excluding tert-OH is 1. The highest BCUT2D eigenvalue weighted by Gasteiger charge is 2.69. The van der Waals surface area contributed by atoms with E-state index in [-0.39, 0.29) is 34.4 Å². The van der Waals surface area contributed by atoms with Gasteiger partial charge in [0.05, 0.1) is 17.3 Å². The molecule has 0 radical (unpaired) electrons. The fourth-order valence-electron chi connectivity index (χ4n) is 16.9. The molecule has 10 aliphatic rings. The van der Waals surface area contributed by atoms with E-state index in [9.17, 15) is 20.1 Å². The van der Waals surface area contributed by atoms with Crippen molar-refractivity contribution in [3.05, 3.63) is 23.5 Å². The van der Waals surface area contributed by atoms with Gasteiger partial charge in [0.25, 0.3) is 0 Å². The molecular weight excluding hydrogens is 685 g/mol. The zero-order valence-electron chi connectivity index (χ0n) is 34.8. The monoisotopic (exact) mass is 757 g/mol. The van der Waals surface area contributed by atoms with Gasteiger partial charge in [0.1, 0.15) is 6.10 Å². The van der Waals surface area contributed by atoms with Gasteiger partial charge in [0.15, 0.2) is 0 Å². The zero-order valence-corrected chi connectivity index (χ0v) is 34.8. The minimum Gasteiger partial charge on any atom is -0.463 e. The minimum absolute atomic E-state index is 0.0148. The maximum Gasteiger partial charge on any atom is 0.302 e. The number of esters is 1. The molecule has 0 aromatic heterocycles. The van der Waals surface area contributed by atoms with Gasteiger partial charge in [-0.3, -0.25) is 14.8 Å². The number of ether oxygens (including phenoxy) is 1. The topological polar surface area (TPSA) is 112 Å². The first-order valence-corrected chi connectivity index (χ1v) is 22.9. The fraction of sp³-hybridized carbons (Fsp3) is 0.854. The van der Waals surface area contributed by atoms with E-state index in [1.807, 2.05) is 12.4 Å². The molecule has 0 spiro atoms. The third-order valence-electron chi connectivity index (χ3n) is 20.0. The largest absolute Gasteiger partial charge is 0.463 e. The van der Waals surface area contributed by atoms with E-state index in [0.29, 0.717) is 52.8 Å². The Morgan fingerprint density at radius 1 is 0.618 bits per heavy atom. The number of aliphatic hydroxyl groups is 3. The Bertz CT molecular complexity index is 1650. The number of hydrogen-bond donors (Lipinski definition) is 3. The van der Waals surface area contributed by atoms with Gasteiger partial charge in [-0.05, 0) is 162 Å². The van der Waals surface area contributed by atoms with Crippen LogP contribution >= 0.6 is 0 Å². The quantitative estimate of drug-likeness (QED) is 0.249. The van der Waals surface area contributed by atoms with Gasteiger partial charge in [0.2, 0.25) is 0 Å². The van der Waals surface area contributed by atoms with Crippen LogP contribution < -0.4 is 0 Å². The number of nitrogens with zero attached hydrogens (tertiary/aromatic N) is 2. The lowest BCUT2D eigenvalue weighted by Gasteiger charge is -2.63. The van der Waals surface area contributed by atoms with Gasteiger partial charge in [0, 0.05) is 66.3 Å². The molecule has 0 amide bonds. The first-order valence-electron chi connectivity index (χ1n) is 22.9. The summed E-state index contributed by atoms with van der Waals surface area (Å²) in [5, 5.41) is 34.5. The van der Waals surface area contributed by atoms with Crippen LogP contribution in [0.3, 0.4) is 0 Å². The first kappa shape index (κ1) is 38.7. The molecule has 0 saturated heterocycles. The molecule has 7 heteroatoms. The van der Waals surface area contributed by atoms with E-state index in [1.54, 1.807) is 0 Å². The van der Waals surface area contributed by atoms with E-state index in [2.05, 4.69) is 49.8 Å². The fourth-order valence-corrected chi connectivity index (χ4v) is 16.9. The number of rotatable bonds is 3. The Labute approximate surface area is 331 Å². The van der Waals surface area contributed by atoms with E-state index < -0.39 is 11.2 Å². The van der Waals surface area contributed by atoms with Crippen LogP contribution in [-0.4, -0.2) is 57.1 Å². The minimum atomic E-state index is -0.555. The molecule has 55 heavy (non-hydrogen) atoms. The first-order chi connectivity index (χ1) is 26.2. The van der Waals surface area contributed by atoms with E-state index in [0.717, 1.165) is 103 Å². The highest BCUT2D eigenvalue weighted by Crippen LogP contribution is 2.71. The number of fused-ring (bicyclic) bond motifs is 10. The van der Waals surface area contributed by atoms with Crippen molar-refractivity contribution in [2.24, 2.45) is 79.0 Å². The molecule has 10 rings (SSSR count). The van der Waals surface area contributed by atoms with Gasteiger partial charge in [-0.15, -0.1) is 0 Å². The van der Waals surface area contributed by atoms with Gasteiger partial charge in [-0.2, -0.15) is 0 Å². The average molecular weight is 757 g/mol. The summed E-state index contributed by atoms with van der Waals surface area (Å²) < 4.78 is 5.59. The van der Waals surface area contributed by atoms with Gasteiger partial charge in [-0.25, -0.2) is 0 Å². The van der Waals surface area contributed by atoms with Gasteiger partial charge in [-0.1, -0.05) is 39.8 Å². The smallest absolute Gasteiger partial charge is 0.302 e. The Morgan fingerprint density at radius 2 is 1.11 bits per heavy atom. The maximum atomic E-state index is 12.2. The summed E-state index contributed by atoms with van der Waals surface area (Å²) >= 11 is 0. The summed E-state index contributed by atoms with van der Waals surface area (Å²) in [6.45, 7) is 11.2. The van der Waals surface area contributed by atoms with Crippen LogP contribution in [0.4, 0.5) is 0 Å². The van der Waals surface area contributed by atoms with Crippen LogP contribution in [-0.2, 0) is 9.53 Å². The second-order valence-electron chi connectivity index (χ2n) is 21.7. The molecule has 8 saturated carbocycles. The van der Waals surface area contributed by atoms with Gasteiger partial charge >= 0.3 is 5.97 Å². The highest BCUT2D eigenvalue weighted by atomic mass is 16.5. The Hall–Kier alpha value is -1.83. The van der Waals surface area contributed by atoms with Crippen LogP contribution in [0, 0.1) is 69.0 Å². The van der Waals surface area contributed by atoms with Crippen molar-refractivity contribution < 1.29 is 24.9 Å². The molecule has 0 aromatic rings. The Balaban J connectivity index is 0.000000145.